The van der Waals surface area contributed by atoms with Crippen molar-refractivity contribution in [2.45, 2.75) is 13.8 Å². The Balaban J connectivity index is 4.35. The Morgan fingerprint density at radius 3 is 2.30 bits per heavy atom. The topological polar surface area (TPSA) is 43.1 Å². The molecule has 0 aliphatic carbocycles. The van der Waals surface area contributed by atoms with Gasteiger partial charge in [-0.15, -0.1) is 0 Å². The molecule has 0 rings (SSSR count). The molecule has 0 fully saturated rings. The molecule has 0 aliphatic rings. The quantitative estimate of drug-likeness (QED) is 0.549. The van der Waals surface area contributed by atoms with Crippen molar-refractivity contribution in [3.05, 3.63) is 22.3 Å². The van der Waals surface area contributed by atoms with Gasteiger partial charge in [-0.3, -0.25) is 4.79 Å². The van der Waals surface area contributed by atoms with Crippen LogP contribution in [0.1, 0.15) is 13.8 Å². The predicted octanol–water partition coefficient (Wildman–Crippen LogP) is 1.72. The van der Waals surface area contributed by atoms with E-state index in [9.17, 15) is 4.79 Å². The van der Waals surface area contributed by atoms with Crippen LogP contribution < -0.4 is 5.73 Å². The van der Waals surface area contributed by atoms with E-state index in [1.807, 2.05) is 6.92 Å². The van der Waals surface area contributed by atoms with Crippen molar-refractivity contribution in [1.82, 2.24) is 0 Å². The Morgan fingerprint density at radius 2 is 2.00 bits per heavy atom. The third-order valence-electron chi connectivity index (χ3n) is 0.943. The maximum atomic E-state index is 10.5. The number of rotatable bonds is 2. The van der Waals surface area contributed by atoms with E-state index >= 15 is 0 Å². The molecule has 0 spiro atoms. The summed E-state index contributed by atoms with van der Waals surface area (Å²) in [4.78, 5) is 10.5. The molecule has 0 radical (unpaired) electrons. The molecule has 0 unspecified atom stereocenters. The third-order valence-corrected chi connectivity index (χ3v) is 1.83. The van der Waals surface area contributed by atoms with Gasteiger partial charge >= 0.3 is 0 Å². The molecular formula is C7H10BrNO. The molecule has 0 atom stereocenters. The molecular weight excluding hydrogens is 194 g/mol. The van der Waals surface area contributed by atoms with Gasteiger partial charge in [0.25, 0.3) is 0 Å². The summed E-state index contributed by atoms with van der Waals surface area (Å²) in [5.41, 5.74) is 6.03. The molecule has 0 aromatic heterocycles. The molecule has 0 bridgehead atoms. The number of carbonyl (C=O) groups excluding carboxylic acids is 1. The molecule has 0 aromatic rings. The van der Waals surface area contributed by atoms with E-state index in [0.29, 0.717) is 0 Å². The van der Waals surface area contributed by atoms with Crippen molar-refractivity contribution in [2.75, 3.05) is 0 Å². The summed E-state index contributed by atoms with van der Waals surface area (Å²) in [6.07, 6.45) is 2.93. The lowest BCUT2D eigenvalue weighted by molar-refractivity contribution is -0.112. The van der Waals surface area contributed by atoms with E-state index in [4.69, 9.17) is 5.73 Å². The summed E-state index contributed by atoms with van der Waals surface area (Å²) in [6, 6.07) is 0. The van der Waals surface area contributed by atoms with Crippen molar-refractivity contribution in [1.29, 1.82) is 0 Å². The smallest absolute Gasteiger partial charge is 0.152 e. The summed E-state index contributed by atoms with van der Waals surface area (Å²) in [6.45, 7) is 3.31. The SMILES string of the molecule is CC(=O)C=C(C)C(Br)=CN. The first-order valence-electron chi connectivity index (χ1n) is 2.84. The molecule has 0 amide bonds. The van der Waals surface area contributed by atoms with Crippen molar-refractivity contribution < 1.29 is 4.79 Å². The maximum Gasteiger partial charge on any atom is 0.152 e. The van der Waals surface area contributed by atoms with E-state index in [1.54, 1.807) is 0 Å². The number of hydrogen-bond donors (Lipinski definition) is 1. The Hall–Kier alpha value is -0.570. The zero-order valence-electron chi connectivity index (χ0n) is 6.02. The lowest BCUT2D eigenvalue weighted by Crippen LogP contribution is -1.88. The van der Waals surface area contributed by atoms with Gasteiger partial charge in [-0.1, -0.05) is 0 Å². The highest BCUT2D eigenvalue weighted by atomic mass is 79.9. The third kappa shape index (κ3) is 3.45. The molecule has 10 heavy (non-hydrogen) atoms. The van der Waals surface area contributed by atoms with Crippen LogP contribution >= 0.6 is 15.9 Å². The molecule has 0 saturated carbocycles. The summed E-state index contributed by atoms with van der Waals surface area (Å²) in [7, 11) is 0. The second-order valence-corrected chi connectivity index (χ2v) is 2.81. The number of nitrogens with two attached hydrogens (primary N) is 1. The highest BCUT2D eigenvalue weighted by Crippen LogP contribution is 2.14. The van der Waals surface area contributed by atoms with E-state index < -0.39 is 0 Å². The van der Waals surface area contributed by atoms with Crippen LogP contribution in [0.3, 0.4) is 0 Å². The van der Waals surface area contributed by atoms with Gasteiger partial charge in [0.15, 0.2) is 5.78 Å². The van der Waals surface area contributed by atoms with E-state index in [2.05, 4.69) is 15.9 Å². The molecule has 2 nitrogen and oxygen atoms in total. The van der Waals surface area contributed by atoms with Gasteiger partial charge in [-0.2, -0.15) is 0 Å². The zero-order chi connectivity index (χ0) is 8.15. The van der Waals surface area contributed by atoms with Crippen LogP contribution in [0.15, 0.2) is 22.3 Å². The van der Waals surface area contributed by atoms with Gasteiger partial charge in [0.05, 0.1) is 0 Å². The molecule has 3 heteroatoms. The Labute approximate surface area is 68.9 Å². The minimum absolute atomic E-state index is 0.0244. The lowest BCUT2D eigenvalue weighted by Gasteiger charge is -1.94. The van der Waals surface area contributed by atoms with Gasteiger partial charge in [0, 0.05) is 10.7 Å². The molecule has 56 valence electrons. The highest BCUT2D eigenvalue weighted by Gasteiger charge is 1.94. The summed E-state index contributed by atoms with van der Waals surface area (Å²) in [5.74, 6) is 0.0244. The summed E-state index contributed by atoms with van der Waals surface area (Å²) < 4.78 is 0.753. The van der Waals surface area contributed by atoms with Crippen molar-refractivity contribution in [2.24, 2.45) is 5.73 Å². The average Bonchev–Trinajstić information content (AvgIpc) is 1.85. The fourth-order valence-electron chi connectivity index (χ4n) is 0.505. The number of hydrogen-bond acceptors (Lipinski definition) is 2. The first-order valence-corrected chi connectivity index (χ1v) is 3.64. The van der Waals surface area contributed by atoms with E-state index in [0.717, 1.165) is 10.1 Å². The Bertz CT molecular complexity index is 194. The summed E-state index contributed by atoms with van der Waals surface area (Å²) in [5, 5.41) is 0. The van der Waals surface area contributed by atoms with Crippen LogP contribution in [0.2, 0.25) is 0 Å². The first kappa shape index (κ1) is 9.43. The second-order valence-electron chi connectivity index (χ2n) is 1.95. The summed E-state index contributed by atoms with van der Waals surface area (Å²) >= 11 is 3.19. The zero-order valence-corrected chi connectivity index (χ0v) is 7.60. The van der Waals surface area contributed by atoms with Crippen LogP contribution in [0.25, 0.3) is 0 Å². The molecule has 0 aliphatic heterocycles. The first-order chi connectivity index (χ1) is 4.57. The Morgan fingerprint density at radius 1 is 1.50 bits per heavy atom. The van der Waals surface area contributed by atoms with Crippen LogP contribution in [-0.2, 0) is 4.79 Å². The van der Waals surface area contributed by atoms with Crippen LogP contribution in [0, 0.1) is 0 Å². The fourth-order valence-corrected chi connectivity index (χ4v) is 0.620. The lowest BCUT2D eigenvalue weighted by atomic mass is 10.2. The molecule has 0 heterocycles. The minimum Gasteiger partial charge on any atom is -0.404 e. The molecule has 0 saturated heterocycles. The monoisotopic (exact) mass is 203 g/mol. The fraction of sp³-hybridized carbons (Fsp3) is 0.286. The number of ketones is 1. The van der Waals surface area contributed by atoms with E-state index in [-0.39, 0.29) is 5.78 Å². The highest BCUT2D eigenvalue weighted by molar-refractivity contribution is 9.11. The number of allylic oxidation sites excluding steroid dienone is 3. The standard InChI is InChI=1S/C7H10BrNO/c1-5(3-6(2)10)7(8)4-9/h3-4H,9H2,1-2H3. The van der Waals surface area contributed by atoms with Crippen molar-refractivity contribution in [3.8, 4) is 0 Å². The van der Waals surface area contributed by atoms with Gasteiger partial charge in [-0.05, 0) is 41.4 Å². The second kappa shape index (κ2) is 4.28. The van der Waals surface area contributed by atoms with Gasteiger partial charge in [-0.25, -0.2) is 0 Å². The average molecular weight is 204 g/mol. The predicted molar refractivity (Wildman–Crippen MR) is 45.6 cm³/mol. The van der Waals surface area contributed by atoms with Crippen LogP contribution in [0.4, 0.5) is 0 Å². The largest absolute Gasteiger partial charge is 0.404 e. The normalized spacial score (nSPS) is 13.5. The number of halogens is 1. The minimum atomic E-state index is 0.0244. The molecule has 2 N–H and O–H groups in total. The van der Waals surface area contributed by atoms with Crippen molar-refractivity contribution in [3.63, 3.8) is 0 Å². The van der Waals surface area contributed by atoms with Crippen LogP contribution in [0.5, 0.6) is 0 Å². The van der Waals surface area contributed by atoms with Gasteiger partial charge in [0.1, 0.15) is 0 Å². The Kier molecular flexibility index (Phi) is 4.03. The molecule has 0 aromatic carbocycles. The number of carbonyl (C=O) groups is 1. The van der Waals surface area contributed by atoms with Gasteiger partial charge < -0.3 is 5.73 Å². The van der Waals surface area contributed by atoms with Crippen LogP contribution in [-0.4, -0.2) is 5.78 Å². The maximum absolute atomic E-state index is 10.5. The van der Waals surface area contributed by atoms with E-state index in [1.165, 1.54) is 19.2 Å². The van der Waals surface area contributed by atoms with Crippen molar-refractivity contribution >= 4 is 21.7 Å². The van der Waals surface area contributed by atoms with Gasteiger partial charge in [0.2, 0.25) is 0 Å².